The molecule has 0 spiro atoms. The summed E-state index contributed by atoms with van der Waals surface area (Å²) in [6.07, 6.45) is 5.08. The molecular weight excluding hydrogens is 276 g/mol. The summed E-state index contributed by atoms with van der Waals surface area (Å²) in [6, 6.07) is 0. The van der Waals surface area contributed by atoms with E-state index in [1.165, 1.54) is 0 Å². The molecule has 0 amide bonds. The zero-order valence-electron chi connectivity index (χ0n) is 12.7. The molecule has 1 heterocycles. The minimum Gasteiger partial charge on any atom is -0.381 e. The van der Waals surface area contributed by atoms with Crippen molar-refractivity contribution in [2.24, 2.45) is 11.7 Å². The lowest BCUT2D eigenvalue weighted by Crippen LogP contribution is -2.58. The second kappa shape index (κ2) is 6.30. The van der Waals surface area contributed by atoms with Gasteiger partial charge in [-0.15, -0.1) is 0 Å². The van der Waals surface area contributed by atoms with E-state index in [-0.39, 0.29) is 10.8 Å². The van der Waals surface area contributed by atoms with Crippen molar-refractivity contribution in [3.63, 3.8) is 0 Å². The minimum absolute atomic E-state index is 0.302. The van der Waals surface area contributed by atoms with Crippen LogP contribution in [0.4, 0.5) is 0 Å². The highest BCUT2D eigenvalue weighted by Crippen LogP contribution is 2.38. The molecule has 2 aliphatic rings. The number of rotatable bonds is 4. The Labute approximate surface area is 122 Å². The maximum Gasteiger partial charge on any atom is 0.217 e. The number of sulfonamides is 1. The highest BCUT2D eigenvalue weighted by molar-refractivity contribution is 7.89. The van der Waals surface area contributed by atoms with E-state index >= 15 is 0 Å². The lowest BCUT2D eigenvalue weighted by atomic mass is 9.77. The number of hydrogen-bond acceptors (Lipinski definition) is 4. The Bertz CT molecular complexity index is 410. The molecule has 20 heavy (non-hydrogen) atoms. The Hall–Kier alpha value is -0.170. The summed E-state index contributed by atoms with van der Waals surface area (Å²) >= 11 is 0. The van der Waals surface area contributed by atoms with Gasteiger partial charge in [0.25, 0.3) is 0 Å². The Kier molecular flexibility index (Phi) is 5.10. The lowest BCUT2D eigenvalue weighted by molar-refractivity contribution is 0.0929. The second-order valence-electron chi connectivity index (χ2n) is 6.44. The van der Waals surface area contributed by atoms with Crippen LogP contribution in [0.2, 0.25) is 0 Å². The summed E-state index contributed by atoms with van der Waals surface area (Å²) < 4.78 is 32.6. The average molecular weight is 304 g/mol. The molecule has 6 heteroatoms. The van der Waals surface area contributed by atoms with Crippen molar-refractivity contribution in [1.82, 2.24) is 4.31 Å². The molecule has 0 aromatic heterocycles. The number of ether oxygens (including phenoxy) is 1. The van der Waals surface area contributed by atoms with Gasteiger partial charge in [0.1, 0.15) is 0 Å². The van der Waals surface area contributed by atoms with E-state index in [0.29, 0.717) is 38.5 Å². The van der Waals surface area contributed by atoms with Crippen molar-refractivity contribution in [3.8, 4) is 0 Å². The zero-order valence-corrected chi connectivity index (χ0v) is 13.5. The molecule has 0 aromatic carbocycles. The van der Waals surface area contributed by atoms with Gasteiger partial charge in [-0.1, -0.05) is 6.92 Å². The van der Waals surface area contributed by atoms with Crippen LogP contribution in [0.5, 0.6) is 0 Å². The first kappa shape index (κ1) is 16.2. The third kappa shape index (κ3) is 3.03. The van der Waals surface area contributed by atoms with Crippen LogP contribution in [0.25, 0.3) is 0 Å². The lowest BCUT2D eigenvalue weighted by Gasteiger charge is -2.45. The van der Waals surface area contributed by atoms with Crippen LogP contribution in [0.15, 0.2) is 0 Å². The molecule has 0 atom stereocenters. The Morgan fingerprint density at radius 2 is 1.75 bits per heavy atom. The van der Waals surface area contributed by atoms with E-state index in [1.54, 1.807) is 11.4 Å². The van der Waals surface area contributed by atoms with Crippen molar-refractivity contribution in [3.05, 3.63) is 0 Å². The van der Waals surface area contributed by atoms with Crippen LogP contribution in [0.1, 0.15) is 45.4 Å². The zero-order chi connectivity index (χ0) is 14.8. The molecule has 1 saturated heterocycles. The molecule has 118 valence electrons. The van der Waals surface area contributed by atoms with Crippen LogP contribution in [-0.4, -0.2) is 50.3 Å². The summed E-state index contributed by atoms with van der Waals surface area (Å²) in [5.41, 5.74) is 5.61. The van der Waals surface area contributed by atoms with Gasteiger partial charge in [-0.05, 0) is 44.4 Å². The third-order valence-corrected chi connectivity index (χ3v) is 7.69. The van der Waals surface area contributed by atoms with E-state index in [2.05, 4.69) is 6.92 Å². The number of nitrogens with zero attached hydrogens (tertiary/aromatic N) is 1. The van der Waals surface area contributed by atoms with Gasteiger partial charge < -0.3 is 10.5 Å². The van der Waals surface area contributed by atoms with Gasteiger partial charge in [0.2, 0.25) is 10.0 Å². The summed E-state index contributed by atoms with van der Waals surface area (Å²) in [5, 5.41) is -0.302. The molecule has 5 nitrogen and oxygen atoms in total. The quantitative estimate of drug-likeness (QED) is 0.850. The van der Waals surface area contributed by atoms with Crippen LogP contribution < -0.4 is 5.73 Å². The molecule has 1 aliphatic heterocycles. The van der Waals surface area contributed by atoms with Crippen LogP contribution in [0.3, 0.4) is 0 Å². The fourth-order valence-electron chi connectivity index (χ4n) is 3.41. The number of likely N-dealkylation sites (N-methyl/N-ethyl adjacent to an activating group) is 1. The fraction of sp³-hybridized carbons (Fsp3) is 1.00. The summed E-state index contributed by atoms with van der Waals surface area (Å²) in [7, 11) is -1.55. The van der Waals surface area contributed by atoms with Gasteiger partial charge in [0.15, 0.2) is 0 Å². The van der Waals surface area contributed by atoms with E-state index < -0.39 is 10.0 Å². The summed E-state index contributed by atoms with van der Waals surface area (Å²) in [4.78, 5) is 0. The van der Waals surface area contributed by atoms with E-state index in [0.717, 1.165) is 25.7 Å². The largest absolute Gasteiger partial charge is 0.381 e. The van der Waals surface area contributed by atoms with Gasteiger partial charge in [-0.25, -0.2) is 8.42 Å². The smallest absolute Gasteiger partial charge is 0.217 e. The topological polar surface area (TPSA) is 72.6 Å². The molecular formula is C14H28N2O3S. The molecule has 1 aliphatic carbocycles. The molecule has 0 bridgehead atoms. The first-order valence-corrected chi connectivity index (χ1v) is 9.18. The van der Waals surface area contributed by atoms with Gasteiger partial charge >= 0.3 is 0 Å². The molecule has 2 fully saturated rings. The monoisotopic (exact) mass is 304 g/mol. The SMILES string of the molecule is CC1CCC(CN)(N(C)S(=O)(=O)C2CCOCC2)CC1. The molecule has 0 aromatic rings. The number of nitrogens with two attached hydrogens (primary N) is 1. The first-order valence-electron chi connectivity index (χ1n) is 7.68. The van der Waals surface area contributed by atoms with Gasteiger partial charge in [-0.3, -0.25) is 0 Å². The van der Waals surface area contributed by atoms with Gasteiger partial charge in [-0.2, -0.15) is 4.31 Å². The molecule has 2 N–H and O–H groups in total. The summed E-state index contributed by atoms with van der Waals surface area (Å²) in [6.45, 7) is 3.74. The van der Waals surface area contributed by atoms with Crippen molar-refractivity contribution in [2.45, 2.75) is 56.2 Å². The van der Waals surface area contributed by atoms with Crippen LogP contribution in [-0.2, 0) is 14.8 Å². The van der Waals surface area contributed by atoms with Crippen molar-refractivity contribution in [1.29, 1.82) is 0 Å². The Morgan fingerprint density at radius 1 is 1.20 bits per heavy atom. The Balaban J connectivity index is 2.16. The van der Waals surface area contributed by atoms with E-state index in [9.17, 15) is 8.42 Å². The van der Waals surface area contributed by atoms with Gasteiger partial charge in [0.05, 0.1) is 5.25 Å². The number of hydrogen-bond donors (Lipinski definition) is 1. The second-order valence-corrected chi connectivity index (χ2v) is 8.68. The molecule has 2 rings (SSSR count). The normalized spacial score (nSPS) is 33.5. The highest BCUT2D eigenvalue weighted by atomic mass is 32.2. The maximum atomic E-state index is 12.8. The molecule has 0 unspecified atom stereocenters. The molecule has 1 saturated carbocycles. The first-order chi connectivity index (χ1) is 9.42. The van der Waals surface area contributed by atoms with Crippen LogP contribution in [0, 0.1) is 5.92 Å². The minimum atomic E-state index is -3.28. The van der Waals surface area contributed by atoms with Crippen molar-refractivity contribution in [2.75, 3.05) is 26.8 Å². The predicted molar refractivity (Wildman–Crippen MR) is 79.9 cm³/mol. The highest BCUT2D eigenvalue weighted by Gasteiger charge is 2.44. The van der Waals surface area contributed by atoms with Crippen molar-refractivity contribution < 1.29 is 13.2 Å². The maximum absolute atomic E-state index is 12.8. The fourth-order valence-corrected chi connectivity index (χ4v) is 5.45. The third-order valence-electron chi connectivity index (χ3n) is 5.22. The standard InChI is InChI=1S/C14H28N2O3S/c1-12-3-7-14(11-15,8-4-12)16(2)20(17,18)13-5-9-19-10-6-13/h12-13H,3-11,15H2,1-2H3. The van der Waals surface area contributed by atoms with E-state index in [4.69, 9.17) is 10.5 Å². The predicted octanol–water partition coefficient (Wildman–Crippen LogP) is 1.33. The summed E-state index contributed by atoms with van der Waals surface area (Å²) in [5.74, 6) is 0.675. The molecule has 0 radical (unpaired) electrons. The van der Waals surface area contributed by atoms with Gasteiger partial charge in [0, 0.05) is 32.3 Å². The van der Waals surface area contributed by atoms with Crippen molar-refractivity contribution >= 4 is 10.0 Å². The Morgan fingerprint density at radius 3 is 2.25 bits per heavy atom. The average Bonchev–Trinajstić information content (AvgIpc) is 2.48. The van der Waals surface area contributed by atoms with E-state index in [1.807, 2.05) is 0 Å². The van der Waals surface area contributed by atoms with Crippen LogP contribution >= 0.6 is 0 Å².